The molecular weight excluding hydrogens is 210 g/mol. The zero-order valence-corrected chi connectivity index (χ0v) is 11.7. The molecule has 2 unspecified atom stereocenters. The molecule has 1 aromatic rings. The molecule has 0 fully saturated rings. The summed E-state index contributed by atoms with van der Waals surface area (Å²) in [6, 6.07) is 2.52. The maximum absolute atomic E-state index is 4.43. The van der Waals surface area contributed by atoms with E-state index in [0.717, 1.165) is 29.7 Å². The van der Waals surface area contributed by atoms with Crippen molar-refractivity contribution in [2.45, 2.75) is 59.9 Å². The predicted octanol–water partition coefficient (Wildman–Crippen LogP) is 3.58. The summed E-state index contributed by atoms with van der Waals surface area (Å²) in [5.74, 6) is 2.57. The summed E-state index contributed by atoms with van der Waals surface area (Å²) >= 11 is 0. The van der Waals surface area contributed by atoms with E-state index in [0.29, 0.717) is 6.04 Å². The average Bonchev–Trinajstić information content (AvgIpc) is 2.27. The molecule has 17 heavy (non-hydrogen) atoms. The van der Waals surface area contributed by atoms with Gasteiger partial charge in [0.25, 0.3) is 0 Å². The van der Waals surface area contributed by atoms with Crippen LogP contribution in [0.15, 0.2) is 6.07 Å². The molecule has 1 heterocycles. The van der Waals surface area contributed by atoms with Crippen LogP contribution in [0.4, 0.5) is 5.82 Å². The fraction of sp³-hybridized carbons (Fsp3) is 0.714. The van der Waals surface area contributed by atoms with Crippen LogP contribution in [0.1, 0.15) is 52.1 Å². The van der Waals surface area contributed by atoms with Gasteiger partial charge in [-0.1, -0.05) is 27.2 Å². The summed E-state index contributed by atoms with van der Waals surface area (Å²) in [5, 5.41) is 3.47. The number of aromatic nitrogens is 2. The molecule has 0 amide bonds. The molecule has 96 valence electrons. The highest BCUT2D eigenvalue weighted by atomic mass is 15.0. The number of rotatable bonds is 6. The van der Waals surface area contributed by atoms with Gasteiger partial charge in [-0.3, -0.25) is 0 Å². The molecule has 0 aromatic carbocycles. The van der Waals surface area contributed by atoms with Gasteiger partial charge < -0.3 is 5.32 Å². The lowest BCUT2D eigenvalue weighted by molar-refractivity contribution is 0.483. The van der Waals surface area contributed by atoms with Crippen LogP contribution in [0.25, 0.3) is 0 Å². The third-order valence-electron chi connectivity index (χ3n) is 3.10. The first-order valence-corrected chi connectivity index (χ1v) is 6.66. The molecule has 1 aromatic heterocycles. The molecule has 1 N–H and O–H groups in total. The maximum atomic E-state index is 4.43. The molecule has 3 heteroatoms. The van der Waals surface area contributed by atoms with Gasteiger partial charge in [0.1, 0.15) is 11.6 Å². The Balaban J connectivity index is 2.64. The first kappa shape index (κ1) is 13.9. The Kier molecular flexibility index (Phi) is 5.39. The average molecular weight is 235 g/mol. The van der Waals surface area contributed by atoms with E-state index in [-0.39, 0.29) is 0 Å². The lowest BCUT2D eigenvalue weighted by Crippen LogP contribution is -2.19. The van der Waals surface area contributed by atoms with E-state index in [4.69, 9.17) is 0 Å². The number of hydrogen-bond acceptors (Lipinski definition) is 3. The Morgan fingerprint density at radius 2 is 1.94 bits per heavy atom. The summed E-state index contributed by atoms with van der Waals surface area (Å²) in [4.78, 5) is 8.82. The molecule has 0 aliphatic heterocycles. The molecule has 3 nitrogen and oxygen atoms in total. The van der Waals surface area contributed by atoms with Gasteiger partial charge in [0.05, 0.1) is 0 Å². The van der Waals surface area contributed by atoms with Gasteiger partial charge in [0.15, 0.2) is 0 Å². The first-order chi connectivity index (χ1) is 8.05. The van der Waals surface area contributed by atoms with E-state index in [1.165, 1.54) is 12.8 Å². The van der Waals surface area contributed by atoms with Gasteiger partial charge >= 0.3 is 0 Å². The highest BCUT2D eigenvalue weighted by molar-refractivity contribution is 5.37. The Hall–Kier alpha value is -1.12. The number of nitrogens with zero attached hydrogens (tertiary/aromatic N) is 2. The van der Waals surface area contributed by atoms with Crippen LogP contribution in [0.2, 0.25) is 0 Å². The second kappa shape index (κ2) is 6.58. The molecule has 1 rings (SSSR count). The van der Waals surface area contributed by atoms with Crippen molar-refractivity contribution in [3.63, 3.8) is 0 Å². The van der Waals surface area contributed by atoms with E-state index in [9.17, 15) is 0 Å². The van der Waals surface area contributed by atoms with E-state index >= 15 is 0 Å². The predicted molar refractivity (Wildman–Crippen MR) is 73.3 cm³/mol. The van der Waals surface area contributed by atoms with Crippen LogP contribution in [-0.4, -0.2) is 16.0 Å². The Morgan fingerprint density at radius 1 is 1.24 bits per heavy atom. The van der Waals surface area contributed by atoms with Gasteiger partial charge in [0.2, 0.25) is 0 Å². The van der Waals surface area contributed by atoms with E-state index in [1.54, 1.807) is 0 Å². The topological polar surface area (TPSA) is 37.8 Å². The zero-order valence-electron chi connectivity index (χ0n) is 11.7. The number of aryl methyl sites for hydroxylation is 2. The van der Waals surface area contributed by atoms with Crippen molar-refractivity contribution < 1.29 is 0 Å². The Bertz CT molecular complexity index is 349. The van der Waals surface area contributed by atoms with Gasteiger partial charge in [0, 0.05) is 17.8 Å². The number of anilines is 1. The second-order valence-electron chi connectivity index (χ2n) is 4.94. The van der Waals surface area contributed by atoms with Crippen molar-refractivity contribution >= 4 is 5.82 Å². The minimum Gasteiger partial charge on any atom is -0.367 e. The van der Waals surface area contributed by atoms with E-state index in [2.05, 4.69) is 49.0 Å². The van der Waals surface area contributed by atoms with Gasteiger partial charge in [-0.15, -0.1) is 0 Å². The largest absolute Gasteiger partial charge is 0.367 e. The van der Waals surface area contributed by atoms with Crippen molar-refractivity contribution in [2.75, 3.05) is 5.32 Å². The smallest absolute Gasteiger partial charge is 0.130 e. The summed E-state index contributed by atoms with van der Waals surface area (Å²) in [6.45, 7) is 10.8. The second-order valence-corrected chi connectivity index (χ2v) is 4.94. The van der Waals surface area contributed by atoms with Crippen molar-refractivity contribution in [3.05, 3.63) is 17.6 Å². The monoisotopic (exact) mass is 235 g/mol. The maximum Gasteiger partial charge on any atom is 0.130 e. The van der Waals surface area contributed by atoms with Crippen molar-refractivity contribution in [1.82, 2.24) is 9.97 Å². The molecule has 0 aliphatic carbocycles. The summed E-state index contributed by atoms with van der Waals surface area (Å²) in [7, 11) is 0. The standard InChI is InChI=1S/C14H25N3/c1-6-10(3)8-11(4)15-14-9-13(7-2)16-12(5)17-14/h9-11H,6-8H2,1-5H3,(H,15,16,17). The summed E-state index contributed by atoms with van der Waals surface area (Å²) in [5.41, 5.74) is 1.11. The number of hydrogen-bond donors (Lipinski definition) is 1. The van der Waals surface area contributed by atoms with Crippen LogP contribution < -0.4 is 5.32 Å². The lowest BCUT2D eigenvalue weighted by Gasteiger charge is -2.18. The van der Waals surface area contributed by atoms with Crippen LogP contribution >= 0.6 is 0 Å². The minimum absolute atomic E-state index is 0.462. The zero-order chi connectivity index (χ0) is 12.8. The molecule has 0 spiro atoms. The Labute approximate surface area is 105 Å². The molecule has 0 bridgehead atoms. The molecule has 2 atom stereocenters. The normalized spacial score (nSPS) is 14.4. The van der Waals surface area contributed by atoms with Gasteiger partial charge in [-0.05, 0) is 32.6 Å². The first-order valence-electron chi connectivity index (χ1n) is 6.66. The molecule has 0 aliphatic rings. The van der Waals surface area contributed by atoms with E-state index < -0.39 is 0 Å². The third-order valence-corrected chi connectivity index (χ3v) is 3.10. The molecule has 0 saturated heterocycles. The van der Waals surface area contributed by atoms with Crippen LogP contribution in [0, 0.1) is 12.8 Å². The quantitative estimate of drug-likeness (QED) is 0.819. The fourth-order valence-corrected chi connectivity index (χ4v) is 1.97. The van der Waals surface area contributed by atoms with Crippen LogP contribution in [-0.2, 0) is 6.42 Å². The van der Waals surface area contributed by atoms with Crippen molar-refractivity contribution in [2.24, 2.45) is 5.92 Å². The van der Waals surface area contributed by atoms with Crippen LogP contribution in [0.5, 0.6) is 0 Å². The summed E-state index contributed by atoms with van der Waals surface area (Å²) < 4.78 is 0. The third kappa shape index (κ3) is 4.72. The van der Waals surface area contributed by atoms with Crippen LogP contribution in [0.3, 0.4) is 0 Å². The highest BCUT2D eigenvalue weighted by Crippen LogP contribution is 2.14. The Morgan fingerprint density at radius 3 is 2.53 bits per heavy atom. The van der Waals surface area contributed by atoms with Gasteiger partial charge in [-0.2, -0.15) is 0 Å². The number of nitrogens with one attached hydrogen (secondary N) is 1. The summed E-state index contributed by atoms with van der Waals surface area (Å²) in [6.07, 6.45) is 3.37. The lowest BCUT2D eigenvalue weighted by atomic mass is 10.0. The van der Waals surface area contributed by atoms with Crippen molar-refractivity contribution in [1.29, 1.82) is 0 Å². The highest BCUT2D eigenvalue weighted by Gasteiger charge is 2.08. The fourth-order valence-electron chi connectivity index (χ4n) is 1.97. The molecule has 0 radical (unpaired) electrons. The van der Waals surface area contributed by atoms with Crippen molar-refractivity contribution in [3.8, 4) is 0 Å². The minimum atomic E-state index is 0.462. The van der Waals surface area contributed by atoms with Gasteiger partial charge in [-0.25, -0.2) is 9.97 Å². The SMILES string of the molecule is CCc1cc(NC(C)CC(C)CC)nc(C)n1. The molecule has 0 saturated carbocycles. The molecular formula is C14H25N3. The van der Waals surface area contributed by atoms with E-state index in [1.807, 2.05) is 6.92 Å².